The van der Waals surface area contributed by atoms with Gasteiger partial charge in [0.05, 0.1) is 18.1 Å². The largest absolute Gasteiger partial charge is 0.490 e. The monoisotopic (exact) mass is 563 g/mol. The van der Waals surface area contributed by atoms with Gasteiger partial charge in [-0.3, -0.25) is 4.57 Å². The zero-order valence-electron chi connectivity index (χ0n) is 23.1. The number of rotatable bonds is 7. The van der Waals surface area contributed by atoms with Crippen LogP contribution >= 0.6 is 11.3 Å². The summed E-state index contributed by atoms with van der Waals surface area (Å²) in [4.78, 5) is 31.6. The van der Waals surface area contributed by atoms with Crippen LogP contribution in [-0.2, 0) is 16.1 Å². The van der Waals surface area contributed by atoms with Gasteiger partial charge in [-0.2, -0.15) is 0 Å². The van der Waals surface area contributed by atoms with Gasteiger partial charge in [-0.25, -0.2) is 14.6 Å². The van der Waals surface area contributed by atoms with Gasteiger partial charge < -0.3 is 23.8 Å². The van der Waals surface area contributed by atoms with Crippen LogP contribution in [-0.4, -0.2) is 58.4 Å². The number of carbonyl (C=O) groups excluding carboxylic acids is 2. The molecule has 2 aromatic carbocycles. The first kappa shape index (κ1) is 27.5. The second kappa shape index (κ2) is 11.6. The molecule has 0 saturated carbocycles. The molecule has 1 fully saturated rings. The van der Waals surface area contributed by atoms with E-state index in [0.717, 1.165) is 27.3 Å². The van der Waals surface area contributed by atoms with Gasteiger partial charge in [-0.05, 0) is 38.5 Å². The van der Waals surface area contributed by atoms with Gasteiger partial charge in [0.2, 0.25) is 0 Å². The molecule has 9 nitrogen and oxygen atoms in total. The van der Waals surface area contributed by atoms with E-state index < -0.39 is 11.6 Å². The number of methoxy groups -OCH3 is 1. The minimum absolute atomic E-state index is 0.0156. The number of esters is 1. The summed E-state index contributed by atoms with van der Waals surface area (Å²) in [5, 5.41) is 0.772. The molecule has 0 unspecified atom stereocenters. The van der Waals surface area contributed by atoms with Crippen molar-refractivity contribution in [3.05, 3.63) is 71.4 Å². The Kier molecular flexibility index (Phi) is 7.97. The smallest absolute Gasteiger partial charge is 0.410 e. The Hall–Kier alpha value is -4.05. The number of likely N-dealkylation sites (tertiary alicyclic amines) is 1. The molecule has 0 bridgehead atoms. The van der Waals surface area contributed by atoms with Crippen LogP contribution in [0, 0.1) is 0 Å². The first-order valence-corrected chi connectivity index (χ1v) is 14.0. The van der Waals surface area contributed by atoms with Crippen LogP contribution in [0.25, 0.3) is 16.0 Å². The molecule has 1 aliphatic rings. The van der Waals surface area contributed by atoms with E-state index in [-0.39, 0.29) is 12.2 Å². The molecular weight excluding hydrogens is 530 g/mol. The summed E-state index contributed by atoms with van der Waals surface area (Å²) in [7, 11) is 1.36. The number of fused-ring (bicyclic) bond motifs is 1. The van der Waals surface area contributed by atoms with Gasteiger partial charge in [0.15, 0.2) is 4.88 Å². The lowest BCUT2D eigenvalue weighted by molar-refractivity contribution is 0.0126. The number of hydrogen-bond acceptors (Lipinski definition) is 8. The number of benzene rings is 2. The highest BCUT2D eigenvalue weighted by molar-refractivity contribution is 7.16. The zero-order valence-corrected chi connectivity index (χ0v) is 23.9. The third kappa shape index (κ3) is 6.39. The Morgan fingerprint density at radius 3 is 2.50 bits per heavy atom. The predicted molar refractivity (Wildman–Crippen MR) is 153 cm³/mol. The number of piperidine rings is 1. The van der Waals surface area contributed by atoms with Gasteiger partial charge in [-0.1, -0.05) is 30.3 Å². The predicted octanol–water partition coefficient (Wildman–Crippen LogP) is 6.23. The Labute approximate surface area is 237 Å². The summed E-state index contributed by atoms with van der Waals surface area (Å²) >= 11 is 1.28. The fourth-order valence-electron chi connectivity index (χ4n) is 4.47. The molecule has 0 atom stereocenters. The van der Waals surface area contributed by atoms with Crippen molar-refractivity contribution < 1.29 is 28.5 Å². The van der Waals surface area contributed by atoms with Gasteiger partial charge >= 0.3 is 12.1 Å². The zero-order chi connectivity index (χ0) is 28.3. The standard InChI is InChI=1S/C30H33N3O6S/c1-30(2,3)39-29(35)32-14-12-21(13-15-32)38-22-10-11-23-24(16-22)33(19-31-23)26-17-25(27(40-26)28(34)36-4)37-18-20-8-6-5-7-9-20/h5-11,16-17,19,21H,12-15,18H2,1-4H3. The van der Waals surface area contributed by atoms with Crippen molar-refractivity contribution in [1.29, 1.82) is 0 Å². The summed E-state index contributed by atoms with van der Waals surface area (Å²) < 4.78 is 24.8. The van der Waals surface area contributed by atoms with Crippen LogP contribution < -0.4 is 9.47 Å². The van der Waals surface area contributed by atoms with Crippen LogP contribution in [0.1, 0.15) is 48.8 Å². The summed E-state index contributed by atoms with van der Waals surface area (Å²) in [6.45, 7) is 7.09. The van der Waals surface area contributed by atoms with Crippen LogP contribution in [0.5, 0.6) is 11.5 Å². The van der Waals surface area contributed by atoms with E-state index in [2.05, 4.69) is 4.98 Å². The van der Waals surface area contributed by atoms with E-state index in [0.29, 0.717) is 43.2 Å². The quantitative estimate of drug-likeness (QED) is 0.246. The van der Waals surface area contributed by atoms with Crippen molar-refractivity contribution in [1.82, 2.24) is 14.5 Å². The Morgan fingerprint density at radius 2 is 1.80 bits per heavy atom. The highest BCUT2D eigenvalue weighted by Gasteiger charge is 2.28. The van der Waals surface area contributed by atoms with Crippen molar-refractivity contribution >= 4 is 34.4 Å². The first-order chi connectivity index (χ1) is 19.2. The Morgan fingerprint density at radius 1 is 1.05 bits per heavy atom. The molecule has 1 saturated heterocycles. The number of nitrogens with zero attached hydrogens (tertiary/aromatic N) is 3. The number of aromatic nitrogens is 2. The van der Waals surface area contributed by atoms with Crippen LogP contribution in [0.2, 0.25) is 0 Å². The van der Waals surface area contributed by atoms with E-state index in [1.54, 1.807) is 11.2 Å². The summed E-state index contributed by atoms with van der Waals surface area (Å²) in [6, 6.07) is 17.4. The van der Waals surface area contributed by atoms with Gasteiger partial charge in [-0.15, -0.1) is 11.3 Å². The van der Waals surface area contributed by atoms with Crippen molar-refractivity contribution in [3.8, 4) is 16.5 Å². The van der Waals surface area contributed by atoms with Gasteiger partial charge in [0.25, 0.3) is 0 Å². The number of carbonyl (C=O) groups is 2. The maximum absolute atomic E-state index is 12.5. The van der Waals surface area contributed by atoms with Gasteiger partial charge in [0, 0.05) is 38.1 Å². The average Bonchev–Trinajstić information content (AvgIpc) is 3.55. The molecule has 0 spiro atoms. The lowest BCUT2D eigenvalue weighted by atomic mass is 10.1. The minimum atomic E-state index is -0.516. The Bertz CT molecular complexity index is 1480. The fourth-order valence-corrected chi connectivity index (χ4v) is 5.47. The van der Waals surface area contributed by atoms with E-state index in [4.69, 9.17) is 18.9 Å². The first-order valence-electron chi connectivity index (χ1n) is 13.2. The normalized spacial score (nSPS) is 14.2. The number of hydrogen-bond donors (Lipinski definition) is 0. The number of thiophene rings is 1. The second-order valence-corrected chi connectivity index (χ2v) is 11.6. The molecule has 210 valence electrons. The third-order valence-electron chi connectivity index (χ3n) is 6.45. The Balaban J connectivity index is 1.31. The van der Waals surface area contributed by atoms with E-state index >= 15 is 0 Å². The fraction of sp³-hybridized carbons (Fsp3) is 0.367. The summed E-state index contributed by atoms with van der Waals surface area (Å²) in [5.41, 5.74) is 2.12. The number of imidazole rings is 1. The molecule has 0 radical (unpaired) electrons. The highest BCUT2D eigenvalue weighted by atomic mass is 32.1. The molecular formula is C30H33N3O6S. The SMILES string of the molecule is COC(=O)c1sc(-n2cnc3ccc(OC4CCN(C(=O)OC(C)(C)C)CC4)cc32)cc1OCc1ccccc1. The van der Waals surface area contributed by atoms with Crippen LogP contribution in [0.3, 0.4) is 0 Å². The number of amides is 1. The topological polar surface area (TPSA) is 92.1 Å². The minimum Gasteiger partial charge on any atom is -0.490 e. The molecule has 1 aliphatic heterocycles. The van der Waals surface area contributed by atoms with E-state index in [1.165, 1.54) is 18.4 Å². The molecule has 40 heavy (non-hydrogen) atoms. The van der Waals surface area contributed by atoms with Crippen molar-refractivity contribution in [3.63, 3.8) is 0 Å². The maximum Gasteiger partial charge on any atom is 0.410 e. The highest BCUT2D eigenvalue weighted by Crippen LogP contribution is 2.35. The molecule has 10 heteroatoms. The lowest BCUT2D eigenvalue weighted by Crippen LogP contribution is -2.44. The lowest BCUT2D eigenvalue weighted by Gasteiger charge is -2.33. The van der Waals surface area contributed by atoms with Crippen LogP contribution in [0.4, 0.5) is 4.79 Å². The van der Waals surface area contributed by atoms with Crippen molar-refractivity contribution in [2.45, 2.75) is 51.9 Å². The molecule has 1 amide bonds. The summed E-state index contributed by atoms with van der Waals surface area (Å²) in [5.74, 6) is 0.724. The van der Waals surface area contributed by atoms with Crippen LogP contribution in [0.15, 0.2) is 60.9 Å². The summed E-state index contributed by atoms with van der Waals surface area (Å²) in [6.07, 6.45) is 2.85. The van der Waals surface area contributed by atoms with Gasteiger partial charge in [0.1, 0.15) is 41.1 Å². The average molecular weight is 564 g/mol. The molecule has 3 heterocycles. The molecule has 4 aromatic rings. The molecule has 5 rings (SSSR count). The van der Waals surface area contributed by atoms with E-state index in [1.807, 2.05) is 79.9 Å². The van der Waals surface area contributed by atoms with Crippen molar-refractivity contribution in [2.24, 2.45) is 0 Å². The third-order valence-corrected chi connectivity index (χ3v) is 7.54. The molecule has 0 aliphatic carbocycles. The van der Waals surface area contributed by atoms with Crippen molar-refractivity contribution in [2.75, 3.05) is 20.2 Å². The second-order valence-electron chi connectivity index (χ2n) is 10.6. The number of ether oxygens (including phenoxy) is 4. The molecule has 2 aromatic heterocycles. The molecule has 0 N–H and O–H groups in total. The maximum atomic E-state index is 12.5. The van der Waals surface area contributed by atoms with E-state index in [9.17, 15) is 9.59 Å².